The highest BCUT2D eigenvalue weighted by molar-refractivity contribution is 6.30. The lowest BCUT2D eigenvalue weighted by atomic mass is 10.1. The Balaban J connectivity index is 1.65. The third-order valence-electron chi connectivity index (χ3n) is 4.72. The highest BCUT2D eigenvalue weighted by atomic mass is 35.5. The molecule has 0 bridgehead atoms. The summed E-state index contributed by atoms with van der Waals surface area (Å²) in [4.78, 5) is 18.7. The maximum Gasteiger partial charge on any atom is 0.263 e. The Kier molecular flexibility index (Phi) is 6.54. The van der Waals surface area contributed by atoms with Gasteiger partial charge in [-0.25, -0.2) is 0 Å². The molecule has 0 aliphatic carbocycles. The molecule has 1 atom stereocenters. The predicted molar refractivity (Wildman–Crippen MR) is 112 cm³/mol. The van der Waals surface area contributed by atoms with Crippen molar-refractivity contribution in [1.82, 2.24) is 15.0 Å². The number of nitrogens with zero attached hydrogens (tertiary/aromatic N) is 3. The van der Waals surface area contributed by atoms with Gasteiger partial charge in [0.2, 0.25) is 11.7 Å². The fraction of sp³-hybridized carbons (Fsp3) is 0.318. The number of hydrogen-bond acceptors (Lipinski definition) is 5. The number of halogens is 1. The minimum atomic E-state index is -0.583. The van der Waals surface area contributed by atoms with Gasteiger partial charge in [0.1, 0.15) is 5.75 Å². The Morgan fingerprint density at radius 1 is 1.17 bits per heavy atom. The smallest absolute Gasteiger partial charge is 0.263 e. The van der Waals surface area contributed by atoms with Crippen LogP contribution < -0.4 is 4.74 Å². The van der Waals surface area contributed by atoms with Crippen LogP contribution in [0, 0.1) is 13.8 Å². The zero-order valence-corrected chi connectivity index (χ0v) is 17.7. The minimum absolute atomic E-state index is 0.142. The molecule has 1 aromatic heterocycles. The molecule has 0 saturated heterocycles. The summed E-state index contributed by atoms with van der Waals surface area (Å²) in [7, 11) is 1.70. The van der Waals surface area contributed by atoms with Gasteiger partial charge in [0, 0.05) is 17.6 Å². The van der Waals surface area contributed by atoms with E-state index >= 15 is 0 Å². The average molecular weight is 414 g/mol. The van der Waals surface area contributed by atoms with Gasteiger partial charge in [0.25, 0.3) is 5.91 Å². The van der Waals surface area contributed by atoms with Gasteiger partial charge < -0.3 is 14.2 Å². The van der Waals surface area contributed by atoms with Crippen LogP contribution in [-0.4, -0.2) is 34.1 Å². The van der Waals surface area contributed by atoms with Gasteiger partial charge >= 0.3 is 0 Å². The number of ether oxygens (including phenoxy) is 1. The lowest BCUT2D eigenvalue weighted by molar-refractivity contribution is -0.138. The molecule has 3 aromatic rings. The molecule has 0 N–H and O–H groups in total. The number of amides is 1. The Labute approximate surface area is 175 Å². The molecule has 0 radical (unpaired) electrons. The van der Waals surface area contributed by atoms with Crippen molar-refractivity contribution in [1.29, 1.82) is 0 Å². The van der Waals surface area contributed by atoms with Crippen LogP contribution in [0.4, 0.5) is 0 Å². The summed E-state index contributed by atoms with van der Waals surface area (Å²) in [5.74, 6) is 1.35. The molecule has 0 fully saturated rings. The van der Waals surface area contributed by atoms with E-state index in [9.17, 15) is 4.79 Å². The zero-order chi connectivity index (χ0) is 21.0. The van der Waals surface area contributed by atoms with Crippen LogP contribution in [0.15, 0.2) is 47.0 Å². The number of rotatable bonds is 7. The van der Waals surface area contributed by atoms with Crippen molar-refractivity contribution in [2.45, 2.75) is 39.8 Å². The predicted octanol–water partition coefficient (Wildman–Crippen LogP) is 4.82. The normalized spacial score (nSPS) is 11.9. The first-order valence-electron chi connectivity index (χ1n) is 9.44. The second-order valence-corrected chi connectivity index (χ2v) is 7.41. The van der Waals surface area contributed by atoms with Crippen molar-refractivity contribution >= 4 is 17.5 Å². The van der Waals surface area contributed by atoms with Crippen LogP contribution in [0.5, 0.6) is 5.75 Å². The van der Waals surface area contributed by atoms with E-state index in [0.717, 1.165) is 11.1 Å². The van der Waals surface area contributed by atoms with E-state index in [1.165, 1.54) is 10.5 Å². The number of hydrogen-bond donors (Lipinski definition) is 0. The van der Waals surface area contributed by atoms with Crippen LogP contribution >= 0.6 is 11.6 Å². The molecule has 0 aliphatic heterocycles. The van der Waals surface area contributed by atoms with Gasteiger partial charge in [-0.3, -0.25) is 4.79 Å². The molecule has 7 heteroatoms. The number of likely N-dealkylation sites (N-methyl/N-ethyl adjacent to an activating group) is 1. The SMILES string of the molecule is CCC(Oc1ccc(C)c(C)c1)C(=O)N(C)Cc1nc(-c2ccc(Cl)cc2)no1. The summed E-state index contributed by atoms with van der Waals surface area (Å²) in [5.41, 5.74) is 3.10. The fourth-order valence-corrected chi connectivity index (χ4v) is 2.95. The summed E-state index contributed by atoms with van der Waals surface area (Å²) >= 11 is 5.91. The van der Waals surface area contributed by atoms with Gasteiger partial charge in [0.05, 0.1) is 6.54 Å². The molecular weight excluding hydrogens is 390 g/mol. The standard InChI is InChI=1S/C22H24ClN3O3/c1-5-19(28-18-11-6-14(2)15(3)12-18)22(27)26(4)13-20-24-21(25-29-20)16-7-9-17(23)10-8-16/h6-12,19H,5,13H2,1-4H3. The molecule has 29 heavy (non-hydrogen) atoms. The Bertz CT molecular complexity index is 985. The van der Waals surface area contributed by atoms with E-state index in [2.05, 4.69) is 10.1 Å². The number of benzene rings is 2. The molecule has 2 aromatic carbocycles. The first-order chi connectivity index (χ1) is 13.9. The third kappa shape index (κ3) is 5.15. The third-order valence-corrected chi connectivity index (χ3v) is 4.97. The quantitative estimate of drug-likeness (QED) is 0.555. The monoisotopic (exact) mass is 413 g/mol. The van der Waals surface area contributed by atoms with Crippen LogP contribution in [0.1, 0.15) is 30.4 Å². The van der Waals surface area contributed by atoms with Crippen molar-refractivity contribution < 1.29 is 14.1 Å². The van der Waals surface area contributed by atoms with Crippen LogP contribution in [0.2, 0.25) is 5.02 Å². The summed E-state index contributed by atoms with van der Waals surface area (Å²) in [6.45, 7) is 6.18. The maximum atomic E-state index is 12.8. The number of aromatic nitrogens is 2. The summed E-state index contributed by atoms with van der Waals surface area (Å²) in [5, 5.41) is 4.62. The van der Waals surface area contributed by atoms with E-state index < -0.39 is 6.10 Å². The van der Waals surface area contributed by atoms with E-state index in [-0.39, 0.29) is 12.5 Å². The number of carbonyl (C=O) groups excluding carboxylic acids is 1. The Hall–Kier alpha value is -2.86. The number of aryl methyl sites for hydroxylation is 2. The summed E-state index contributed by atoms with van der Waals surface area (Å²) in [6, 6.07) is 13.0. The molecule has 0 saturated carbocycles. The molecule has 1 heterocycles. The molecule has 152 valence electrons. The highest BCUT2D eigenvalue weighted by Crippen LogP contribution is 2.21. The minimum Gasteiger partial charge on any atom is -0.481 e. The van der Waals surface area contributed by atoms with E-state index in [1.54, 1.807) is 19.2 Å². The lowest BCUT2D eigenvalue weighted by Gasteiger charge is -2.23. The van der Waals surface area contributed by atoms with Gasteiger partial charge in [0.15, 0.2) is 6.10 Å². The van der Waals surface area contributed by atoms with Crippen LogP contribution in [0.25, 0.3) is 11.4 Å². The average Bonchev–Trinajstić information content (AvgIpc) is 3.17. The van der Waals surface area contributed by atoms with Crippen LogP contribution in [-0.2, 0) is 11.3 Å². The molecule has 0 aliphatic rings. The molecule has 3 rings (SSSR count). The molecule has 6 nitrogen and oxygen atoms in total. The summed E-state index contributed by atoms with van der Waals surface area (Å²) < 4.78 is 11.2. The van der Waals surface area contributed by atoms with Gasteiger partial charge in [-0.15, -0.1) is 0 Å². The van der Waals surface area contributed by atoms with E-state index in [0.29, 0.717) is 28.9 Å². The Morgan fingerprint density at radius 2 is 1.90 bits per heavy atom. The van der Waals surface area contributed by atoms with Gasteiger partial charge in [-0.2, -0.15) is 4.98 Å². The van der Waals surface area contributed by atoms with Gasteiger partial charge in [-0.1, -0.05) is 29.7 Å². The number of carbonyl (C=O) groups is 1. The second-order valence-electron chi connectivity index (χ2n) is 6.97. The molecular formula is C22H24ClN3O3. The zero-order valence-electron chi connectivity index (χ0n) is 17.0. The van der Waals surface area contributed by atoms with Crippen molar-refractivity contribution in [2.75, 3.05) is 7.05 Å². The van der Waals surface area contributed by atoms with E-state index in [1.807, 2.05) is 51.1 Å². The summed E-state index contributed by atoms with van der Waals surface area (Å²) in [6.07, 6.45) is -0.0311. The lowest BCUT2D eigenvalue weighted by Crippen LogP contribution is -2.39. The van der Waals surface area contributed by atoms with Crippen molar-refractivity contribution in [3.63, 3.8) is 0 Å². The second kappa shape index (κ2) is 9.09. The van der Waals surface area contributed by atoms with Crippen molar-refractivity contribution in [3.05, 3.63) is 64.5 Å². The van der Waals surface area contributed by atoms with Crippen molar-refractivity contribution in [2.24, 2.45) is 0 Å². The topological polar surface area (TPSA) is 68.5 Å². The van der Waals surface area contributed by atoms with E-state index in [4.69, 9.17) is 20.9 Å². The molecule has 1 unspecified atom stereocenters. The largest absolute Gasteiger partial charge is 0.481 e. The first-order valence-corrected chi connectivity index (χ1v) is 9.82. The first kappa shape index (κ1) is 20.9. The molecule has 1 amide bonds. The highest BCUT2D eigenvalue weighted by Gasteiger charge is 2.24. The van der Waals surface area contributed by atoms with Crippen molar-refractivity contribution in [3.8, 4) is 17.1 Å². The maximum absolute atomic E-state index is 12.8. The molecule has 0 spiro atoms. The fourth-order valence-electron chi connectivity index (χ4n) is 2.82. The Morgan fingerprint density at radius 3 is 2.55 bits per heavy atom. The van der Waals surface area contributed by atoms with Crippen LogP contribution in [0.3, 0.4) is 0 Å². The van der Waals surface area contributed by atoms with Gasteiger partial charge in [-0.05, 0) is 67.8 Å².